The van der Waals surface area contributed by atoms with Crippen LogP contribution in [-0.4, -0.2) is 43.1 Å². The van der Waals surface area contributed by atoms with E-state index in [-0.39, 0.29) is 0 Å². The van der Waals surface area contributed by atoms with E-state index < -0.39 is 0 Å². The SMILES string of the molecule is c1ccc(-c2c(-c3ccc(-c4cc(-c5cc6ccccc6c6ccccc56)cc(-c5cc6ccccc6c6ccccc56)n4)cc3)nc3ccccn23)cc1.c1ccc(-c2c(-c3ccc(-c4cc(-c5ccc6ccccc6c5)cc(-c5ccc6ccccc6c5)n4)cc3)nc3ccccn23)cc1.c1ccc(-c2cc(-c3ccccc3)nc(-c3ccc(-c4nc5ccccn5c4-c4ccccc4)cc3)c2)cc1. The van der Waals surface area contributed by atoms with Crippen LogP contribution in [0.25, 0.3) is 250 Å². The van der Waals surface area contributed by atoms with Gasteiger partial charge in [-0.25, -0.2) is 29.9 Å². The standard InChI is InChI=1S/C52H33N3.C44H29N3.C36H25N3/c1-2-14-36(15-3-1)52-51(54-50-24-12-13-29-55(50)52)35-27-25-34(26-28-35)48-32-39(46-30-37-16-4-6-18-40(37)42-20-8-10-22-44(42)46)33-49(53-48)47-31-38-17-5-7-19-41(38)43-21-9-11-23-45(43)47;1-2-12-34(13-3-1)44-43(46-42-16-8-9-25-47(42)44)33-21-19-32(20-22-33)40-28-39(37-23-17-30-10-4-6-14-35(30)26-37)29-41(45-40)38-24-18-31-11-5-7-15-36(31)27-38;1-4-12-26(13-5-1)31-24-32(27-14-6-2-7-15-27)37-33(25-31)28-19-21-29(22-20-28)35-36(30-16-8-3-9-17-30)39-23-11-10-18-34(39)38-35/h1-33H;1-29H;1-25H. The number of aromatic nitrogens is 9. The monoisotopic (exact) mass is 1800 g/mol. The molecule has 27 rings (SSSR count). The van der Waals surface area contributed by atoms with Crippen molar-refractivity contribution in [3.63, 3.8) is 0 Å². The predicted molar refractivity (Wildman–Crippen MR) is 586 cm³/mol. The maximum atomic E-state index is 5.48. The van der Waals surface area contributed by atoms with Crippen LogP contribution in [0.2, 0.25) is 0 Å². The first-order valence-electron chi connectivity index (χ1n) is 47.7. The third kappa shape index (κ3) is 16.3. The summed E-state index contributed by atoms with van der Waals surface area (Å²) in [6.07, 6.45) is 6.25. The van der Waals surface area contributed by atoms with Crippen LogP contribution in [-0.2, 0) is 0 Å². The topological polar surface area (TPSA) is 90.6 Å². The quantitative estimate of drug-likeness (QED) is 0.0950. The number of hydrogen-bond acceptors (Lipinski definition) is 6. The molecule has 141 heavy (non-hydrogen) atoms. The summed E-state index contributed by atoms with van der Waals surface area (Å²) >= 11 is 0. The minimum atomic E-state index is 0.921. The minimum Gasteiger partial charge on any atom is -0.299 e. The van der Waals surface area contributed by atoms with Crippen LogP contribution in [0.3, 0.4) is 0 Å². The number of hydrogen-bond donors (Lipinski definition) is 0. The molecule has 0 radical (unpaired) electrons. The molecule has 0 aliphatic rings. The van der Waals surface area contributed by atoms with Gasteiger partial charge < -0.3 is 0 Å². The van der Waals surface area contributed by atoms with Gasteiger partial charge in [0.25, 0.3) is 0 Å². The van der Waals surface area contributed by atoms with Crippen molar-refractivity contribution in [2.45, 2.75) is 0 Å². The molecule has 0 N–H and O–H groups in total. The lowest BCUT2D eigenvalue weighted by Gasteiger charge is -2.16. The van der Waals surface area contributed by atoms with Gasteiger partial charge in [-0.2, -0.15) is 0 Å². The third-order valence-electron chi connectivity index (χ3n) is 27.0. The zero-order valence-electron chi connectivity index (χ0n) is 76.8. The zero-order chi connectivity index (χ0) is 93.5. The second-order valence-corrected chi connectivity index (χ2v) is 35.7. The molecule has 0 spiro atoms. The fourth-order valence-corrected chi connectivity index (χ4v) is 20.1. The van der Waals surface area contributed by atoms with Crippen molar-refractivity contribution < 1.29 is 0 Å². The molecule has 0 atom stereocenters. The van der Waals surface area contributed by atoms with Gasteiger partial charge in [0.2, 0.25) is 0 Å². The van der Waals surface area contributed by atoms with E-state index in [9.17, 15) is 0 Å². The molecular weight excluding hydrogens is 1710 g/mol. The molecule has 0 fully saturated rings. The Kier molecular flexibility index (Phi) is 21.8. The largest absolute Gasteiger partial charge is 0.299 e. The zero-order valence-corrected chi connectivity index (χ0v) is 76.8. The van der Waals surface area contributed by atoms with Crippen molar-refractivity contribution >= 4 is 81.6 Å². The first-order valence-corrected chi connectivity index (χ1v) is 47.7. The van der Waals surface area contributed by atoms with E-state index >= 15 is 0 Å². The summed E-state index contributed by atoms with van der Waals surface area (Å²) in [5, 5.41) is 14.7. The van der Waals surface area contributed by atoms with Gasteiger partial charge in [-0.05, 0) is 195 Å². The van der Waals surface area contributed by atoms with Crippen LogP contribution >= 0.6 is 0 Å². The van der Waals surface area contributed by atoms with Gasteiger partial charge in [0.15, 0.2) is 0 Å². The molecule has 660 valence electrons. The fourth-order valence-electron chi connectivity index (χ4n) is 20.1. The summed E-state index contributed by atoms with van der Waals surface area (Å²) < 4.78 is 6.51. The Bertz CT molecular complexity index is 9090. The Morgan fingerprint density at radius 3 is 0.801 bits per heavy atom. The van der Waals surface area contributed by atoms with Crippen molar-refractivity contribution in [2.24, 2.45) is 0 Å². The van der Waals surface area contributed by atoms with E-state index in [1.54, 1.807) is 0 Å². The summed E-state index contributed by atoms with van der Waals surface area (Å²) in [6.45, 7) is 0. The highest BCUT2D eigenvalue weighted by Crippen LogP contribution is 2.45. The normalized spacial score (nSPS) is 11.4. The molecule has 9 heteroatoms. The Morgan fingerprint density at radius 1 is 0.128 bits per heavy atom. The van der Waals surface area contributed by atoms with Crippen molar-refractivity contribution in [2.75, 3.05) is 0 Å². The van der Waals surface area contributed by atoms with Crippen molar-refractivity contribution in [1.29, 1.82) is 0 Å². The molecule has 9 nitrogen and oxygen atoms in total. The lowest BCUT2D eigenvalue weighted by molar-refractivity contribution is 1.19. The van der Waals surface area contributed by atoms with E-state index in [2.05, 4.69) is 493 Å². The predicted octanol–water partition coefficient (Wildman–Crippen LogP) is 34.1. The summed E-state index contributed by atoms with van der Waals surface area (Å²) in [7, 11) is 0. The van der Waals surface area contributed by atoms with Crippen molar-refractivity contribution in [1.82, 2.24) is 43.1 Å². The molecule has 0 saturated carbocycles. The van der Waals surface area contributed by atoms with Gasteiger partial charge in [0.05, 0.1) is 68.3 Å². The minimum absolute atomic E-state index is 0.921. The Morgan fingerprint density at radius 2 is 0.390 bits per heavy atom. The average Bonchev–Trinajstić information content (AvgIpc) is 1.69. The van der Waals surface area contributed by atoms with E-state index in [1.807, 2.05) is 48.5 Å². The van der Waals surface area contributed by atoms with Crippen molar-refractivity contribution in [3.05, 3.63) is 528 Å². The number of nitrogens with zero attached hydrogens (tertiary/aromatic N) is 9. The summed E-state index contributed by atoms with van der Waals surface area (Å²) in [5.41, 5.74) is 34.6. The molecule has 0 bridgehead atoms. The number of fused-ring (bicyclic) bond motifs is 11. The highest BCUT2D eigenvalue weighted by molar-refractivity contribution is 6.16. The summed E-state index contributed by atoms with van der Waals surface area (Å²) in [4.78, 5) is 31.0. The fraction of sp³-hybridized carbons (Fsp3) is 0. The Hall–Kier alpha value is -19.0. The Balaban J connectivity index is 0.000000113. The molecule has 9 aromatic heterocycles. The maximum absolute atomic E-state index is 5.48. The smallest absolute Gasteiger partial charge is 0.137 e. The van der Waals surface area contributed by atoms with Gasteiger partial charge in [-0.3, -0.25) is 13.2 Å². The number of pyridine rings is 6. The number of imidazole rings is 3. The number of benzene rings is 18. The molecule has 0 unspecified atom stereocenters. The van der Waals surface area contributed by atoms with Gasteiger partial charge in [-0.15, -0.1) is 0 Å². The third-order valence-corrected chi connectivity index (χ3v) is 27.0. The molecular formula is C132H87N9. The first-order chi connectivity index (χ1) is 69.9. The van der Waals surface area contributed by atoms with E-state index in [0.717, 1.165) is 169 Å². The summed E-state index contributed by atoms with van der Waals surface area (Å²) in [5.74, 6) is 0. The average molecular weight is 1800 g/mol. The van der Waals surface area contributed by atoms with Gasteiger partial charge in [-0.1, -0.05) is 413 Å². The highest BCUT2D eigenvalue weighted by atomic mass is 15.0. The summed E-state index contributed by atoms with van der Waals surface area (Å²) in [6, 6.07) is 180. The molecule has 0 saturated heterocycles. The second kappa shape index (κ2) is 36.7. The van der Waals surface area contributed by atoms with Crippen LogP contribution < -0.4 is 0 Å². The Labute approximate surface area is 815 Å². The molecule has 9 heterocycles. The van der Waals surface area contributed by atoms with Crippen molar-refractivity contribution in [3.8, 4) is 168 Å². The molecule has 0 aliphatic heterocycles. The maximum Gasteiger partial charge on any atom is 0.137 e. The van der Waals surface area contributed by atoms with Crippen LogP contribution in [0, 0.1) is 0 Å². The van der Waals surface area contributed by atoms with Crippen LogP contribution in [0.1, 0.15) is 0 Å². The second-order valence-electron chi connectivity index (χ2n) is 35.7. The molecule has 18 aromatic carbocycles. The van der Waals surface area contributed by atoms with Crippen LogP contribution in [0.4, 0.5) is 0 Å². The lowest BCUT2D eigenvalue weighted by Crippen LogP contribution is -1.94. The van der Waals surface area contributed by atoms with Gasteiger partial charge in [0.1, 0.15) is 16.9 Å². The highest BCUT2D eigenvalue weighted by Gasteiger charge is 2.24. The molecule has 27 aromatic rings. The van der Waals surface area contributed by atoms with E-state index in [1.165, 1.54) is 81.3 Å². The van der Waals surface area contributed by atoms with Crippen LogP contribution in [0.15, 0.2) is 528 Å². The van der Waals surface area contributed by atoms with E-state index in [4.69, 9.17) is 29.9 Å². The van der Waals surface area contributed by atoms with Gasteiger partial charge >= 0.3 is 0 Å². The first kappa shape index (κ1) is 83.8. The van der Waals surface area contributed by atoms with Gasteiger partial charge in [0, 0.05) is 85.4 Å². The van der Waals surface area contributed by atoms with Crippen LogP contribution in [0.5, 0.6) is 0 Å². The lowest BCUT2D eigenvalue weighted by atomic mass is 9.90. The number of rotatable bonds is 15. The van der Waals surface area contributed by atoms with E-state index in [0.29, 0.717) is 0 Å². The molecule has 0 aliphatic carbocycles. The molecule has 0 amide bonds.